The maximum atomic E-state index is 6.07. The van der Waals surface area contributed by atoms with Crippen molar-refractivity contribution in [1.82, 2.24) is 4.98 Å². The minimum atomic E-state index is 0. The number of nitrogens with one attached hydrogen (secondary N) is 1. The van der Waals surface area contributed by atoms with Gasteiger partial charge in [0.2, 0.25) is 0 Å². The van der Waals surface area contributed by atoms with Crippen molar-refractivity contribution in [1.29, 1.82) is 0 Å². The molecule has 1 aromatic heterocycles. The average molecular weight is 389 g/mol. The Kier molecular flexibility index (Phi) is 6.92. The summed E-state index contributed by atoms with van der Waals surface area (Å²) >= 11 is 0. The van der Waals surface area contributed by atoms with Crippen molar-refractivity contribution in [3.8, 4) is 5.75 Å². The lowest BCUT2D eigenvalue weighted by atomic mass is 9.89. The second-order valence-corrected chi connectivity index (χ2v) is 7.48. The minimum Gasteiger partial charge on any atom is -0.493 e. The number of aromatic nitrogens is 1. The molecule has 0 saturated carbocycles. The molecule has 0 unspecified atom stereocenters. The van der Waals surface area contributed by atoms with Crippen LogP contribution in [0.25, 0.3) is 0 Å². The van der Waals surface area contributed by atoms with E-state index in [2.05, 4.69) is 59.7 Å². The molecule has 0 aliphatic heterocycles. The van der Waals surface area contributed by atoms with Gasteiger partial charge in [0.1, 0.15) is 11.6 Å². The first-order valence-electron chi connectivity index (χ1n) is 10.2. The molecule has 1 heterocycles. The molecule has 1 atom stereocenters. The topological polar surface area (TPSA) is 34.1 Å². The highest BCUT2D eigenvalue weighted by molar-refractivity contribution is 5.45. The smallest absolute Gasteiger partial charge is 0.125 e. The fourth-order valence-corrected chi connectivity index (χ4v) is 4.13. The van der Waals surface area contributed by atoms with Crippen molar-refractivity contribution in [2.75, 3.05) is 19.0 Å². The number of ether oxygens (including phenoxy) is 1. The van der Waals surface area contributed by atoms with Crippen LogP contribution in [-0.2, 0) is 19.3 Å². The third-order valence-electron chi connectivity index (χ3n) is 5.70. The zero-order valence-electron chi connectivity index (χ0n) is 16.7. The summed E-state index contributed by atoms with van der Waals surface area (Å²) in [6.07, 6.45) is 4.08. The summed E-state index contributed by atoms with van der Waals surface area (Å²) in [5, 5.41) is 3.08. The first-order chi connectivity index (χ1) is 13.8. The van der Waals surface area contributed by atoms with E-state index in [0.29, 0.717) is 12.5 Å². The van der Waals surface area contributed by atoms with Gasteiger partial charge in [-0.2, -0.15) is 0 Å². The summed E-state index contributed by atoms with van der Waals surface area (Å²) in [6, 6.07) is 21.6. The highest BCUT2D eigenvalue weighted by Gasteiger charge is 2.20. The lowest BCUT2D eigenvalue weighted by molar-refractivity contribution is 0.320. The number of benzene rings is 2. The zero-order chi connectivity index (χ0) is 19.3. The third-order valence-corrected chi connectivity index (χ3v) is 5.70. The Balaban J connectivity index is 0.00000240. The van der Waals surface area contributed by atoms with Crippen molar-refractivity contribution < 1.29 is 4.74 Å². The van der Waals surface area contributed by atoms with Crippen LogP contribution in [0.15, 0.2) is 60.7 Å². The van der Waals surface area contributed by atoms with Crippen molar-refractivity contribution in [3.63, 3.8) is 0 Å². The van der Waals surface area contributed by atoms with Gasteiger partial charge in [0.15, 0.2) is 0 Å². The van der Waals surface area contributed by atoms with Gasteiger partial charge in [0.05, 0.1) is 6.61 Å². The van der Waals surface area contributed by atoms with E-state index in [9.17, 15) is 0 Å². The SMILES string of the molecule is C.CC[C@@H]1Cc2ccc(OCCc3cccc(NC)n3)cc2Cc2ccccc21. The molecule has 4 rings (SSSR count). The Labute approximate surface area is 175 Å². The molecule has 3 aromatic rings. The van der Waals surface area contributed by atoms with Crippen LogP contribution in [-0.4, -0.2) is 18.6 Å². The second-order valence-electron chi connectivity index (χ2n) is 7.48. The van der Waals surface area contributed by atoms with Crippen LogP contribution in [0.3, 0.4) is 0 Å². The van der Waals surface area contributed by atoms with Crippen LogP contribution in [0.1, 0.15) is 54.6 Å². The molecule has 0 saturated heterocycles. The number of anilines is 1. The summed E-state index contributed by atoms with van der Waals surface area (Å²) in [5.41, 5.74) is 6.87. The lowest BCUT2D eigenvalue weighted by Crippen LogP contribution is -2.05. The van der Waals surface area contributed by atoms with E-state index in [-0.39, 0.29) is 7.43 Å². The first kappa shape index (κ1) is 20.9. The highest BCUT2D eigenvalue weighted by Crippen LogP contribution is 2.35. The molecular weight excluding hydrogens is 356 g/mol. The predicted octanol–water partition coefficient (Wildman–Crippen LogP) is 6.02. The van der Waals surface area contributed by atoms with E-state index in [4.69, 9.17) is 4.74 Å². The highest BCUT2D eigenvalue weighted by atomic mass is 16.5. The first-order valence-corrected chi connectivity index (χ1v) is 10.2. The van der Waals surface area contributed by atoms with Gasteiger partial charge in [-0.05, 0) is 71.7 Å². The Morgan fingerprint density at radius 1 is 1.00 bits per heavy atom. The Morgan fingerprint density at radius 3 is 2.69 bits per heavy atom. The number of hydrogen-bond acceptors (Lipinski definition) is 3. The number of pyridine rings is 1. The molecule has 29 heavy (non-hydrogen) atoms. The summed E-state index contributed by atoms with van der Waals surface area (Å²) < 4.78 is 6.07. The molecule has 1 aliphatic carbocycles. The molecule has 0 bridgehead atoms. The van der Waals surface area contributed by atoms with Gasteiger partial charge in [0, 0.05) is 19.2 Å². The fraction of sp³-hybridized carbons (Fsp3) is 0.346. The van der Waals surface area contributed by atoms with E-state index in [1.807, 2.05) is 25.2 Å². The van der Waals surface area contributed by atoms with Crippen LogP contribution in [0.2, 0.25) is 0 Å². The van der Waals surface area contributed by atoms with Gasteiger partial charge < -0.3 is 10.1 Å². The number of fused-ring (bicyclic) bond motifs is 2. The van der Waals surface area contributed by atoms with Crippen molar-refractivity contribution in [2.24, 2.45) is 0 Å². The normalized spacial score (nSPS) is 14.8. The van der Waals surface area contributed by atoms with Crippen LogP contribution in [0, 0.1) is 0 Å². The summed E-state index contributed by atoms with van der Waals surface area (Å²) in [4.78, 5) is 4.56. The van der Waals surface area contributed by atoms with Crippen molar-refractivity contribution in [3.05, 3.63) is 88.6 Å². The van der Waals surface area contributed by atoms with Gasteiger partial charge in [-0.25, -0.2) is 4.98 Å². The quantitative estimate of drug-likeness (QED) is 0.560. The van der Waals surface area contributed by atoms with Crippen LogP contribution in [0.4, 0.5) is 5.82 Å². The van der Waals surface area contributed by atoms with Gasteiger partial charge in [-0.1, -0.05) is 50.7 Å². The van der Waals surface area contributed by atoms with E-state index >= 15 is 0 Å². The van der Waals surface area contributed by atoms with Crippen molar-refractivity contribution in [2.45, 2.75) is 46.0 Å². The lowest BCUT2D eigenvalue weighted by Gasteiger charge is -2.15. The Hall–Kier alpha value is -2.81. The summed E-state index contributed by atoms with van der Waals surface area (Å²) in [7, 11) is 1.89. The second kappa shape index (κ2) is 9.60. The molecule has 0 amide bonds. The molecule has 1 N–H and O–H groups in total. The summed E-state index contributed by atoms with van der Waals surface area (Å²) in [6.45, 7) is 2.92. The fourth-order valence-electron chi connectivity index (χ4n) is 4.13. The standard InChI is InChI=1S/C25H28N2O.CH4/c1-3-18-15-19-11-12-23(17-21(19)16-20-7-4-5-9-24(18)20)28-14-13-22-8-6-10-25(26-2)27-22;/h4-12,17-18H,3,13-16H2,1-2H3,(H,26,27);1H4/t18-;/m1./s1. The maximum Gasteiger partial charge on any atom is 0.125 e. The molecule has 0 spiro atoms. The van der Waals surface area contributed by atoms with Crippen molar-refractivity contribution >= 4 is 5.82 Å². The summed E-state index contributed by atoms with van der Waals surface area (Å²) in [5.74, 6) is 2.46. The van der Waals surface area contributed by atoms with Crippen LogP contribution >= 0.6 is 0 Å². The van der Waals surface area contributed by atoms with E-state index in [1.54, 1.807) is 0 Å². The number of hydrogen-bond donors (Lipinski definition) is 1. The molecule has 0 radical (unpaired) electrons. The minimum absolute atomic E-state index is 0. The maximum absolute atomic E-state index is 6.07. The predicted molar refractivity (Wildman–Crippen MR) is 122 cm³/mol. The van der Waals surface area contributed by atoms with Crippen LogP contribution < -0.4 is 10.1 Å². The van der Waals surface area contributed by atoms with E-state index < -0.39 is 0 Å². The molecule has 3 nitrogen and oxygen atoms in total. The van der Waals surface area contributed by atoms with Gasteiger partial charge >= 0.3 is 0 Å². The molecule has 3 heteroatoms. The number of nitrogens with zero attached hydrogens (tertiary/aromatic N) is 1. The molecular formula is C26H32N2O. The zero-order valence-corrected chi connectivity index (χ0v) is 16.7. The van der Waals surface area contributed by atoms with E-state index in [1.165, 1.54) is 28.7 Å². The van der Waals surface area contributed by atoms with Gasteiger partial charge in [-0.15, -0.1) is 0 Å². The van der Waals surface area contributed by atoms with Crippen LogP contribution in [0.5, 0.6) is 5.75 Å². The average Bonchev–Trinajstić information content (AvgIpc) is 2.90. The monoisotopic (exact) mass is 388 g/mol. The molecule has 152 valence electrons. The van der Waals surface area contributed by atoms with Gasteiger partial charge in [-0.3, -0.25) is 0 Å². The Bertz CT molecular complexity index is 951. The largest absolute Gasteiger partial charge is 0.493 e. The molecule has 2 aromatic carbocycles. The van der Waals surface area contributed by atoms with Gasteiger partial charge in [0.25, 0.3) is 0 Å². The number of rotatable bonds is 6. The Morgan fingerprint density at radius 2 is 1.86 bits per heavy atom. The molecule has 1 aliphatic rings. The van der Waals surface area contributed by atoms with E-state index in [0.717, 1.165) is 36.5 Å². The molecule has 0 fully saturated rings. The third kappa shape index (κ3) is 4.79.